The number of nitrogens with zero attached hydrogens (tertiary/aromatic N) is 1. The van der Waals surface area contributed by atoms with Crippen LogP contribution in [-0.2, 0) is 0 Å². The van der Waals surface area contributed by atoms with Crippen LogP contribution >= 0.6 is 15.9 Å². The molecule has 8 heavy (non-hydrogen) atoms. The van der Waals surface area contributed by atoms with E-state index >= 15 is 0 Å². The van der Waals surface area contributed by atoms with Gasteiger partial charge in [0.05, 0.1) is 0 Å². The Hall–Kier alpha value is -0.370. The summed E-state index contributed by atoms with van der Waals surface area (Å²) in [6.45, 7) is 8.95. The normalized spacial score (nSPS) is 9.75. The van der Waals surface area contributed by atoms with Crippen LogP contribution < -0.4 is 0 Å². The van der Waals surface area contributed by atoms with Crippen molar-refractivity contribution in [2.75, 3.05) is 0 Å². The van der Waals surface area contributed by atoms with Crippen molar-refractivity contribution in [3.8, 4) is 0 Å². The number of hydrogen-bond acceptors (Lipinski definition) is 1. The molecule has 0 N–H and O–H groups in total. The van der Waals surface area contributed by atoms with Gasteiger partial charge in [0.2, 0.25) is 0 Å². The van der Waals surface area contributed by atoms with Crippen LogP contribution in [0.25, 0.3) is 0 Å². The van der Waals surface area contributed by atoms with Crippen molar-refractivity contribution >= 4 is 22.1 Å². The molecule has 0 bridgehead atoms. The molecule has 2 heteroatoms. The maximum Gasteiger partial charge on any atom is 0.0407 e. The fourth-order valence-corrected chi connectivity index (χ4v) is 0.283. The lowest BCUT2D eigenvalue weighted by Crippen LogP contribution is -1.69. The molecule has 0 saturated carbocycles. The van der Waals surface area contributed by atoms with Crippen molar-refractivity contribution in [3.63, 3.8) is 0 Å². The Kier molecular flexibility index (Phi) is 3.44. The van der Waals surface area contributed by atoms with Crippen molar-refractivity contribution in [3.05, 3.63) is 23.3 Å². The molecule has 0 aromatic rings. The molecule has 0 aliphatic carbocycles. The van der Waals surface area contributed by atoms with Crippen molar-refractivity contribution in [2.24, 2.45) is 4.99 Å². The molecule has 0 aliphatic rings. The van der Waals surface area contributed by atoms with Gasteiger partial charge in [-0.3, -0.25) is 4.99 Å². The van der Waals surface area contributed by atoms with Crippen molar-refractivity contribution in [1.29, 1.82) is 0 Å². The fraction of sp³-hybridized carbons (Fsp3) is 0.167. The van der Waals surface area contributed by atoms with E-state index in [2.05, 4.69) is 34.1 Å². The van der Waals surface area contributed by atoms with Crippen molar-refractivity contribution in [1.82, 2.24) is 0 Å². The lowest BCUT2D eigenvalue weighted by Gasteiger charge is -1.82. The second-order valence-corrected chi connectivity index (χ2v) is 2.46. The van der Waals surface area contributed by atoms with Gasteiger partial charge in [0, 0.05) is 16.4 Å². The van der Waals surface area contributed by atoms with Crippen LogP contribution in [-0.4, -0.2) is 6.21 Å². The van der Waals surface area contributed by atoms with E-state index < -0.39 is 0 Å². The highest BCUT2D eigenvalue weighted by atomic mass is 79.9. The van der Waals surface area contributed by atoms with E-state index in [0.717, 1.165) is 10.2 Å². The Morgan fingerprint density at radius 2 is 2.12 bits per heavy atom. The minimum atomic E-state index is 0.764. The van der Waals surface area contributed by atoms with Crippen LogP contribution in [0, 0.1) is 0 Å². The summed E-state index contributed by atoms with van der Waals surface area (Å²) < 4.78 is 0.764. The third-order valence-electron chi connectivity index (χ3n) is 0.425. The standard InChI is InChI=1S/C6H8BrN/c1-5(2)8-4-6(3)7/h4H,1,3H2,2H3. The van der Waals surface area contributed by atoms with Gasteiger partial charge in [-0.2, -0.15) is 0 Å². The summed E-state index contributed by atoms with van der Waals surface area (Å²) in [5.74, 6) is 0. The van der Waals surface area contributed by atoms with E-state index in [0.29, 0.717) is 0 Å². The minimum absolute atomic E-state index is 0.764. The third kappa shape index (κ3) is 5.63. The monoisotopic (exact) mass is 173 g/mol. The van der Waals surface area contributed by atoms with Gasteiger partial charge in [-0.05, 0) is 22.9 Å². The smallest absolute Gasteiger partial charge is 0.0407 e. The van der Waals surface area contributed by atoms with E-state index in [1.165, 1.54) is 0 Å². The summed E-state index contributed by atoms with van der Waals surface area (Å²) >= 11 is 3.12. The maximum atomic E-state index is 3.86. The van der Waals surface area contributed by atoms with Gasteiger partial charge >= 0.3 is 0 Å². The van der Waals surface area contributed by atoms with E-state index in [-0.39, 0.29) is 0 Å². The Morgan fingerprint density at radius 3 is 2.25 bits per heavy atom. The van der Waals surface area contributed by atoms with Crippen LogP contribution in [0.3, 0.4) is 0 Å². The van der Waals surface area contributed by atoms with Gasteiger partial charge in [0.1, 0.15) is 0 Å². The predicted octanol–water partition coefficient (Wildman–Crippen LogP) is 2.50. The summed E-state index contributed by atoms with van der Waals surface area (Å²) in [4.78, 5) is 3.86. The second-order valence-electron chi connectivity index (χ2n) is 1.44. The molecule has 44 valence electrons. The lowest BCUT2D eigenvalue weighted by molar-refractivity contribution is 1.34. The van der Waals surface area contributed by atoms with Gasteiger partial charge in [0.15, 0.2) is 0 Å². The first kappa shape index (κ1) is 7.63. The molecule has 0 radical (unpaired) electrons. The topological polar surface area (TPSA) is 12.4 Å². The molecule has 0 heterocycles. The molecule has 0 spiro atoms. The summed E-state index contributed by atoms with van der Waals surface area (Å²) in [6.07, 6.45) is 1.61. The third-order valence-corrected chi connectivity index (χ3v) is 0.630. The molecule has 0 unspecified atom stereocenters. The summed E-state index contributed by atoms with van der Waals surface area (Å²) in [7, 11) is 0. The first-order chi connectivity index (χ1) is 3.63. The predicted molar refractivity (Wildman–Crippen MR) is 41.4 cm³/mol. The van der Waals surface area contributed by atoms with Gasteiger partial charge in [-0.25, -0.2) is 0 Å². The summed E-state index contributed by atoms with van der Waals surface area (Å²) in [5, 5.41) is 0. The van der Waals surface area contributed by atoms with Crippen molar-refractivity contribution < 1.29 is 0 Å². The molecule has 0 atom stereocenters. The molecular weight excluding hydrogens is 166 g/mol. The lowest BCUT2D eigenvalue weighted by atomic mass is 10.6. The molecule has 1 nitrogen and oxygen atoms in total. The van der Waals surface area contributed by atoms with E-state index in [1.54, 1.807) is 6.21 Å². The van der Waals surface area contributed by atoms with Gasteiger partial charge in [0.25, 0.3) is 0 Å². The zero-order valence-electron chi connectivity index (χ0n) is 4.82. The second kappa shape index (κ2) is 3.61. The highest BCUT2D eigenvalue weighted by Crippen LogP contribution is 1.97. The van der Waals surface area contributed by atoms with Crippen LogP contribution in [0.2, 0.25) is 0 Å². The van der Waals surface area contributed by atoms with Crippen LogP contribution in [0.4, 0.5) is 0 Å². The molecule has 0 rings (SSSR count). The SMILES string of the molecule is C=C(Br)C=NC(=C)C. The summed E-state index contributed by atoms with van der Waals surface area (Å²) in [5.41, 5.74) is 0.783. The molecule has 0 aliphatic heterocycles. The first-order valence-corrected chi connectivity index (χ1v) is 2.96. The molecule has 0 aromatic heterocycles. The van der Waals surface area contributed by atoms with Gasteiger partial charge in [-0.15, -0.1) is 0 Å². The first-order valence-electron chi connectivity index (χ1n) is 2.17. The maximum absolute atomic E-state index is 3.86. The number of aliphatic imine (C=N–C) groups is 1. The number of rotatable bonds is 2. The van der Waals surface area contributed by atoms with Gasteiger partial charge in [-0.1, -0.05) is 13.2 Å². The van der Waals surface area contributed by atoms with E-state index in [4.69, 9.17) is 0 Å². The van der Waals surface area contributed by atoms with E-state index in [1.807, 2.05) is 6.92 Å². The largest absolute Gasteiger partial charge is 0.261 e. The van der Waals surface area contributed by atoms with Gasteiger partial charge < -0.3 is 0 Å². The Morgan fingerprint density at radius 1 is 1.62 bits per heavy atom. The fourth-order valence-electron chi connectivity index (χ4n) is 0.180. The Balaban J connectivity index is 3.67. The zero-order chi connectivity index (χ0) is 6.57. The van der Waals surface area contributed by atoms with E-state index in [9.17, 15) is 0 Å². The number of hydrogen-bond donors (Lipinski definition) is 0. The molecular formula is C6H8BrN. The molecule has 0 saturated heterocycles. The molecule has 0 fully saturated rings. The molecule has 0 aromatic carbocycles. The number of allylic oxidation sites excluding steroid dienone is 2. The Labute approximate surface area is 57.9 Å². The quantitative estimate of drug-likeness (QED) is 0.570. The van der Waals surface area contributed by atoms with Crippen LogP contribution in [0.15, 0.2) is 28.3 Å². The highest BCUT2D eigenvalue weighted by Gasteiger charge is 1.75. The van der Waals surface area contributed by atoms with Crippen molar-refractivity contribution in [2.45, 2.75) is 6.92 Å². The van der Waals surface area contributed by atoms with Crippen LogP contribution in [0.5, 0.6) is 0 Å². The number of halogens is 1. The average Bonchev–Trinajstić information content (AvgIpc) is 1.61. The van der Waals surface area contributed by atoms with Crippen LogP contribution in [0.1, 0.15) is 6.92 Å². The zero-order valence-corrected chi connectivity index (χ0v) is 6.40. The Bertz CT molecular complexity index is 119. The summed E-state index contributed by atoms with van der Waals surface area (Å²) in [6, 6.07) is 0. The molecule has 0 amide bonds. The minimum Gasteiger partial charge on any atom is -0.261 e. The highest BCUT2D eigenvalue weighted by molar-refractivity contribution is 9.12. The average molecular weight is 174 g/mol.